The van der Waals surface area contributed by atoms with Crippen molar-refractivity contribution in [2.24, 2.45) is 0 Å². The molecular weight excluding hydrogens is 354 g/mol. The van der Waals surface area contributed by atoms with Crippen LogP contribution in [0.2, 0.25) is 5.02 Å². The second kappa shape index (κ2) is 8.70. The SMILES string of the molecule is Cc1cccc(CN2CCN(C(=O)CSc3ncccc3Cl)CC2)c1. The Kier molecular flexibility index (Phi) is 6.34. The second-order valence-corrected chi connectivity index (χ2v) is 7.60. The Morgan fingerprint density at radius 3 is 2.72 bits per heavy atom. The van der Waals surface area contributed by atoms with Gasteiger partial charge < -0.3 is 4.90 Å². The monoisotopic (exact) mass is 375 g/mol. The molecule has 1 aromatic heterocycles. The highest BCUT2D eigenvalue weighted by Gasteiger charge is 2.21. The Labute approximate surface area is 158 Å². The number of nitrogens with zero attached hydrogens (tertiary/aromatic N) is 3. The van der Waals surface area contributed by atoms with Crippen LogP contribution in [0.4, 0.5) is 0 Å². The molecule has 1 aliphatic heterocycles. The molecule has 1 saturated heterocycles. The number of thioether (sulfide) groups is 1. The van der Waals surface area contributed by atoms with Crippen LogP contribution in [0.5, 0.6) is 0 Å². The summed E-state index contributed by atoms with van der Waals surface area (Å²) in [7, 11) is 0. The van der Waals surface area contributed by atoms with Gasteiger partial charge in [-0.05, 0) is 24.6 Å². The molecule has 132 valence electrons. The third-order valence-corrected chi connectivity index (χ3v) is 5.68. The highest BCUT2D eigenvalue weighted by atomic mass is 35.5. The largest absolute Gasteiger partial charge is 0.339 e. The molecular formula is C19H22ClN3OS. The van der Waals surface area contributed by atoms with E-state index in [2.05, 4.69) is 41.1 Å². The van der Waals surface area contributed by atoms with E-state index in [9.17, 15) is 4.79 Å². The molecule has 0 atom stereocenters. The van der Waals surface area contributed by atoms with Crippen molar-refractivity contribution < 1.29 is 4.79 Å². The minimum atomic E-state index is 0.155. The maximum Gasteiger partial charge on any atom is 0.233 e. The molecule has 3 rings (SSSR count). The number of rotatable bonds is 5. The first kappa shape index (κ1) is 18.2. The Hall–Kier alpha value is -1.56. The average molecular weight is 376 g/mol. The van der Waals surface area contributed by atoms with Crippen LogP contribution in [-0.2, 0) is 11.3 Å². The topological polar surface area (TPSA) is 36.4 Å². The highest BCUT2D eigenvalue weighted by molar-refractivity contribution is 8.00. The van der Waals surface area contributed by atoms with Crippen molar-refractivity contribution in [2.75, 3.05) is 31.9 Å². The fraction of sp³-hybridized carbons (Fsp3) is 0.368. The lowest BCUT2D eigenvalue weighted by Crippen LogP contribution is -2.48. The van der Waals surface area contributed by atoms with Gasteiger partial charge in [0.25, 0.3) is 0 Å². The first-order valence-electron chi connectivity index (χ1n) is 8.41. The third kappa shape index (κ3) is 5.21. The number of aryl methyl sites for hydroxylation is 1. The highest BCUT2D eigenvalue weighted by Crippen LogP contribution is 2.24. The molecule has 0 aliphatic carbocycles. The van der Waals surface area contributed by atoms with Gasteiger partial charge in [-0.25, -0.2) is 4.98 Å². The molecule has 1 amide bonds. The number of benzene rings is 1. The van der Waals surface area contributed by atoms with Gasteiger partial charge in [-0.15, -0.1) is 0 Å². The Morgan fingerprint density at radius 1 is 1.20 bits per heavy atom. The number of halogens is 1. The van der Waals surface area contributed by atoms with Crippen molar-refractivity contribution in [2.45, 2.75) is 18.5 Å². The Bertz CT molecular complexity index is 732. The molecule has 2 heterocycles. The van der Waals surface area contributed by atoms with Crippen molar-refractivity contribution >= 4 is 29.3 Å². The van der Waals surface area contributed by atoms with Crippen LogP contribution in [0.1, 0.15) is 11.1 Å². The maximum absolute atomic E-state index is 12.4. The molecule has 4 nitrogen and oxygen atoms in total. The summed E-state index contributed by atoms with van der Waals surface area (Å²) >= 11 is 7.49. The summed E-state index contributed by atoms with van der Waals surface area (Å²) < 4.78 is 0. The molecule has 1 aromatic carbocycles. The minimum Gasteiger partial charge on any atom is -0.339 e. The van der Waals surface area contributed by atoms with Gasteiger partial charge in [-0.1, -0.05) is 53.2 Å². The molecule has 2 aromatic rings. The molecule has 0 spiro atoms. The van der Waals surface area contributed by atoms with Gasteiger partial charge >= 0.3 is 0 Å². The van der Waals surface area contributed by atoms with Crippen LogP contribution in [0.15, 0.2) is 47.6 Å². The molecule has 0 saturated carbocycles. The smallest absolute Gasteiger partial charge is 0.233 e. The summed E-state index contributed by atoms with van der Waals surface area (Å²) in [5.74, 6) is 0.538. The lowest BCUT2D eigenvalue weighted by Gasteiger charge is -2.34. The van der Waals surface area contributed by atoms with Crippen molar-refractivity contribution in [1.29, 1.82) is 0 Å². The van der Waals surface area contributed by atoms with E-state index in [1.54, 1.807) is 18.3 Å². The van der Waals surface area contributed by atoms with E-state index in [1.165, 1.54) is 22.9 Å². The minimum absolute atomic E-state index is 0.155. The zero-order chi connectivity index (χ0) is 17.6. The van der Waals surface area contributed by atoms with Gasteiger partial charge in [0.1, 0.15) is 5.03 Å². The molecule has 0 radical (unpaired) electrons. The van der Waals surface area contributed by atoms with Gasteiger partial charge in [0.05, 0.1) is 10.8 Å². The second-order valence-electron chi connectivity index (χ2n) is 6.23. The predicted octanol–water partition coefficient (Wildman–Crippen LogP) is 3.48. The van der Waals surface area contributed by atoms with Gasteiger partial charge in [0.15, 0.2) is 0 Å². The fourth-order valence-electron chi connectivity index (χ4n) is 2.92. The molecule has 0 bridgehead atoms. The molecule has 1 aliphatic rings. The van der Waals surface area contributed by atoms with Crippen LogP contribution in [0.3, 0.4) is 0 Å². The molecule has 0 N–H and O–H groups in total. The van der Waals surface area contributed by atoms with Crippen molar-refractivity contribution in [3.63, 3.8) is 0 Å². The van der Waals surface area contributed by atoms with E-state index in [0.29, 0.717) is 10.8 Å². The lowest BCUT2D eigenvalue weighted by molar-refractivity contribution is -0.130. The number of carbonyl (C=O) groups is 1. The van der Waals surface area contributed by atoms with Crippen molar-refractivity contribution in [1.82, 2.24) is 14.8 Å². The number of hydrogen-bond donors (Lipinski definition) is 0. The molecule has 25 heavy (non-hydrogen) atoms. The van der Waals surface area contributed by atoms with Crippen molar-refractivity contribution in [3.05, 3.63) is 58.7 Å². The Balaban J connectivity index is 1.45. The maximum atomic E-state index is 12.4. The normalized spacial score (nSPS) is 15.4. The van der Waals surface area contributed by atoms with Crippen LogP contribution in [0, 0.1) is 6.92 Å². The zero-order valence-corrected chi connectivity index (χ0v) is 15.9. The van der Waals surface area contributed by atoms with Gasteiger partial charge in [0, 0.05) is 38.9 Å². The van der Waals surface area contributed by atoms with E-state index in [0.717, 1.165) is 37.7 Å². The van der Waals surface area contributed by atoms with Gasteiger partial charge in [-0.3, -0.25) is 9.69 Å². The fourth-order valence-corrected chi connectivity index (χ4v) is 3.99. The zero-order valence-electron chi connectivity index (χ0n) is 14.3. The number of carbonyl (C=O) groups excluding carboxylic acids is 1. The lowest BCUT2D eigenvalue weighted by atomic mass is 10.1. The van der Waals surface area contributed by atoms with E-state index < -0.39 is 0 Å². The third-order valence-electron chi connectivity index (χ3n) is 4.27. The van der Waals surface area contributed by atoms with Crippen LogP contribution in [0.25, 0.3) is 0 Å². The molecule has 6 heteroatoms. The summed E-state index contributed by atoms with van der Waals surface area (Å²) in [6.45, 7) is 6.44. The summed E-state index contributed by atoms with van der Waals surface area (Å²) in [5.41, 5.74) is 2.62. The number of amides is 1. The Morgan fingerprint density at radius 2 is 2.00 bits per heavy atom. The summed E-state index contributed by atoms with van der Waals surface area (Å²) in [6, 6.07) is 12.2. The van der Waals surface area contributed by atoms with Crippen molar-refractivity contribution in [3.8, 4) is 0 Å². The summed E-state index contributed by atoms with van der Waals surface area (Å²) in [5, 5.41) is 1.32. The first-order valence-corrected chi connectivity index (χ1v) is 9.77. The average Bonchev–Trinajstić information content (AvgIpc) is 2.61. The quantitative estimate of drug-likeness (QED) is 0.750. The van der Waals surface area contributed by atoms with E-state index >= 15 is 0 Å². The van der Waals surface area contributed by atoms with Gasteiger partial charge in [0.2, 0.25) is 5.91 Å². The molecule has 0 unspecified atom stereocenters. The predicted molar refractivity (Wildman–Crippen MR) is 103 cm³/mol. The number of aromatic nitrogens is 1. The van der Waals surface area contributed by atoms with E-state index in [-0.39, 0.29) is 5.91 Å². The van der Waals surface area contributed by atoms with Crippen LogP contribution in [-0.4, -0.2) is 52.6 Å². The number of pyridine rings is 1. The summed E-state index contributed by atoms with van der Waals surface area (Å²) in [4.78, 5) is 21.0. The summed E-state index contributed by atoms with van der Waals surface area (Å²) in [6.07, 6.45) is 1.70. The first-order chi connectivity index (χ1) is 12.1. The van der Waals surface area contributed by atoms with E-state index in [1.807, 2.05) is 4.90 Å². The number of hydrogen-bond acceptors (Lipinski definition) is 4. The number of piperazine rings is 1. The van der Waals surface area contributed by atoms with Crippen LogP contribution >= 0.6 is 23.4 Å². The van der Waals surface area contributed by atoms with Crippen LogP contribution < -0.4 is 0 Å². The molecule has 1 fully saturated rings. The van der Waals surface area contributed by atoms with Gasteiger partial charge in [-0.2, -0.15) is 0 Å². The van der Waals surface area contributed by atoms with E-state index in [4.69, 9.17) is 11.6 Å². The standard InChI is InChI=1S/C19H22ClN3OS/c1-15-4-2-5-16(12-15)13-22-8-10-23(11-9-22)18(24)14-25-19-17(20)6-3-7-21-19/h2-7,12H,8-11,13-14H2,1H3.